The van der Waals surface area contributed by atoms with Gasteiger partial charge in [0, 0.05) is 5.69 Å². The highest BCUT2D eigenvalue weighted by atomic mass is 32.2. The molecule has 134 valence electrons. The number of nitrogens with one attached hydrogen (secondary N) is 1. The highest BCUT2D eigenvalue weighted by Crippen LogP contribution is 2.33. The number of aryl methyl sites for hydroxylation is 2. The van der Waals surface area contributed by atoms with E-state index in [0.717, 1.165) is 31.2 Å². The van der Waals surface area contributed by atoms with E-state index in [9.17, 15) is 8.42 Å². The third-order valence-corrected chi connectivity index (χ3v) is 6.15. The maximum atomic E-state index is 12.9. The van der Waals surface area contributed by atoms with Gasteiger partial charge in [0.15, 0.2) is 0 Å². The van der Waals surface area contributed by atoms with Crippen molar-refractivity contribution in [3.63, 3.8) is 0 Å². The lowest BCUT2D eigenvalue weighted by Gasteiger charge is -2.19. The van der Waals surface area contributed by atoms with Crippen molar-refractivity contribution in [1.82, 2.24) is 0 Å². The first-order valence-electron chi connectivity index (χ1n) is 8.73. The van der Waals surface area contributed by atoms with Crippen LogP contribution in [0.25, 0.3) is 0 Å². The van der Waals surface area contributed by atoms with Crippen LogP contribution < -0.4 is 9.46 Å². The highest BCUT2D eigenvalue weighted by molar-refractivity contribution is 7.92. The number of anilines is 1. The fraction of sp³-hybridized carbons (Fsp3) is 0.400. The molecule has 0 spiro atoms. The lowest BCUT2D eigenvalue weighted by molar-refractivity contribution is 0.401. The molecule has 2 aromatic rings. The van der Waals surface area contributed by atoms with E-state index in [0.29, 0.717) is 17.4 Å². The Bertz CT molecular complexity index is 855. The summed E-state index contributed by atoms with van der Waals surface area (Å²) >= 11 is 0. The number of benzene rings is 2. The minimum Gasteiger partial charge on any atom is -0.495 e. The predicted molar refractivity (Wildman–Crippen MR) is 101 cm³/mol. The minimum absolute atomic E-state index is 0.212. The van der Waals surface area contributed by atoms with Crippen molar-refractivity contribution in [2.45, 2.75) is 50.3 Å². The van der Waals surface area contributed by atoms with E-state index < -0.39 is 10.0 Å². The number of ether oxygens (including phenoxy) is 1. The zero-order valence-electron chi connectivity index (χ0n) is 15.0. The van der Waals surface area contributed by atoms with Crippen molar-refractivity contribution >= 4 is 15.7 Å². The summed E-state index contributed by atoms with van der Waals surface area (Å²) in [4.78, 5) is 0.212. The normalized spacial score (nSPS) is 14.2. The van der Waals surface area contributed by atoms with Crippen molar-refractivity contribution in [2.24, 2.45) is 0 Å². The molecule has 0 aromatic heterocycles. The van der Waals surface area contributed by atoms with E-state index in [4.69, 9.17) is 4.74 Å². The van der Waals surface area contributed by atoms with Crippen molar-refractivity contribution in [3.8, 4) is 5.75 Å². The van der Waals surface area contributed by atoms with Crippen molar-refractivity contribution in [2.75, 3.05) is 11.8 Å². The molecule has 0 bridgehead atoms. The van der Waals surface area contributed by atoms with E-state index in [2.05, 4.69) is 18.6 Å². The van der Waals surface area contributed by atoms with Crippen molar-refractivity contribution in [3.05, 3.63) is 53.1 Å². The topological polar surface area (TPSA) is 55.4 Å². The average molecular weight is 359 g/mol. The Hall–Kier alpha value is -2.01. The second-order valence-electron chi connectivity index (χ2n) is 6.86. The molecule has 2 aromatic carbocycles. The summed E-state index contributed by atoms with van der Waals surface area (Å²) < 4.78 is 33.8. The first kappa shape index (κ1) is 17.8. The molecule has 0 radical (unpaired) electrons. The van der Waals surface area contributed by atoms with E-state index in [1.165, 1.54) is 18.2 Å². The van der Waals surface area contributed by atoms with Crippen LogP contribution in [0.4, 0.5) is 5.69 Å². The Kier molecular flexibility index (Phi) is 5.04. The molecule has 0 saturated carbocycles. The Morgan fingerprint density at radius 2 is 1.60 bits per heavy atom. The van der Waals surface area contributed by atoms with Crippen LogP contribution in [-0.4, -0.2) is 15.5 Å². The summed E-state index contributed by atoms with van der Waals surface area (Å²) in [5.74, 6) is 0.818. The zero-order chi connectivity index (χ0) is 18.0. The molecular weight excluding hydrogens is 334 g/mol. The van der Waals surface area contributed by atoms with Gasteiger partial charge >= 0.3 is 0 Å². The first-order chi connectivity index (χ1) is 11.9. The van der Waals surface area contributed by atoms with Gasteiger partial charge in [-0.1, -0.05) is 26.0 Å². The smallest absolute Gasteiger partial charge is 0.265 e. The average Bonchev–Trinajstić information content (AvgIpc) is 2.60. The Balaban J connectivity index is 1.93. The number of rotatable bonds is 5. The number of hydrogen-bond acceptors (Lipinski definition) is 3. The Morgan fingerprint density at radius 3 is 2.16 bits per heavy atom. The lowest BCUT2D eigenvalue weighted by atomic mass is 9.92. The van der Waals surface area contributed by atoms with Crippen LogP contribution >= 0.6 is 0 Å². The SMILES string of the molecule is COc1cc2c(cc1S(=O)(=O)Nc1ccc(C(C)C)cc1)CCCC2. The molecule has 0 unspecified atom stereocenters. The molecule has 0 fully saturated rings. The molecule has 0 atom stereocenters. The van der Waals surface area contributed by atoms with Gasteiger partial charge in [0.25, 0.3) is 10.0 Å². The van der Waals surface area contributed by atoms with Crippen LogP contribution in [0.2, 0.25) is 0 Å². The van der Waals surface area contributed by atoms with Crippen LogP contribution in [0, 0.1) is 0 Å². The molecule has 3 rings (SSSR count). The van der Waals surface area contributed by atoms with Gasteiger partial charge in [0.2, 0.25) is 0 Å². The van der Waals surface area contributed by atoms with Crippen molar-refractivity contribution < 1.29 is 13.2 Å². The molecule has 5 heteroatoms. The lowest BCUT2D eigenvalue weighted by Crippen LogP contribution is -2.16. The van der Waals surface area contributed by atoms with Crippen LogP contribution in [0.5, 0.6) is 5.75 Å². The number of sulfonamides is 1. The monoisotopic (exact) mass is 359 g/mol. The second-order valence-corrected chi connectivity index (χ2v) is 8.51. The van der Waals surface area contributed by atoms with Crippen LogP contribution in [0.1, 0.15) is 49.3 Å². The summed E-state index contributed by atoms with van der Waals surface area (Å²) in [6.07, 6.45) is 4.15. The largest absolute Gasteiger partial charge is 0.495 e. The molecule has 1 N–H and O–H groups in total. The predicted octanol–water partition coefficient (Wildman–Crippen LogP) is 4.50. The summed E-state index contributed by atoms with van der Waals surface area (Å²) in [6, 6.07) is 11.2. The number of hydrogen-bond donors (Lipinski definition) is 1. The number of fused-ring (bicyclic) bond motifs is 1. The summed E-state index contributed by atoms with van der Waals surface area (Å²) in [5.41, 5.74) is 4.05. The van der Waals surface area contributed by atoms with E-state index in [1.54, 1.807) is 18.2 Å². The van der Waals surface area contributed by atoms with Crippen LogP contribution in [-0.2, 0) is 22.9 Å². The molecule has 0 aliphatic heterocycles. The summed E-state index contributed by atoms with van der Waals surface area (Å²) in [6.45, 7) is 4.22. The minimum atomic E-state index is -3.70. The first-order valence-corrected chi connectivity index (χ1v) is 10.2. The summed E-state index contributed by atoms with van der Waals surface area (Å²) in [5, 5.41) is 0. The highest BCUT2D eigenvalue weighted by Gasteiger charge is 2.23. The second kappa shape index (κ2) is 7.08. The molecule has 0 saturated heterocycles. The molecule has 0 heterocycles. The molecular formula is C20H25NO3S. The number of methoxy groups -OCH3 is 1. The van der Waals surface area contributed by atoms with E-state index in [-0.39, 0.29) is 4.90 Å². The van der Waals surface area contributed by atoms with Gasteiger partial charge in [0.1, 0.15) is 10.6 Å². The van der Waals surface area contributed by atoms with Crippen LogP contribution in [0.15, 0.2) is 41.3 Å². The molecule has 1 aliphatic carbocycles. The van der Waals surface area contributed by atoms with E-state index >= 15 is 0 Å². The third kappa shape index (κ3) is 3.82. The third-order valence-electron chi connectivity index (χ3n) is 4.75. The van der Waals surface area contributed by atoms with Crippen LogP contribution in [0.3, 0.4) is 0 Å². The van der Waals surface area contributed by atoms with Gasteiger partial charge in [-0.15, -0.1) is 0 Å². The van der Waals surface area contributed by atoms with Gasteiger partial charge in [-0.2, -0.15) is 0 Å². The maximum Gasteiger partial charge on any atom is 0.265 e. The molecule has 0 amide bonds. The van der Waals surface area contributed by atoms with Gasteiger partial charge in [-0.05, 0) is 72.6 Å². The van der Waals surface area contributed by atoms with Gasteiger partial charge in [0.05, 0.1) is 7.11 Å². The summed E-state index contributed by atoms with van der Waals surface area (Å²) in [7, 11) is -2.18. The zero-order valence-corrected chi connectivity index (χ0v) is 15.8. The van der Waals surface area contributed by atoms with Gasteiger partial charge in [-0.25, -0.2) is 8.42 Å². The quantitative estimate of drug-likeness (QED) is 0.855. The van der Waals surface area contributed by atoms with Gasteiger partial charge in [-0.3, -0.25) is 4.72 Å². The van der Waals surface area contributed by atoms with Gasteiger partial charge < -0.3 is 4.74 Å². The maximum absolute atomic E-state index is 12.9. The molecule has 1 aliphatic rings. The standard InChI is InChI=1S/C20H25NO3S/c1-14(2)15-8-10-18(11-9-15)21-25(22,23)20-13-17-7-5-4-6-16(17)12-19(20)24-3/h8-14,21H,4-7H2,1-3H3. The Morgan fingerprint density at radius 1 is 1.00 bits per heavy atom. The fourth-order valence-corrected chi connectivity index (χ4v) is 4.52. The van der Waals surface area contributed by atoms with Crippen molar-refractivity contribution in [1.29, 1.82) is 0 Å². The fourth-order valence-electron chi connectivity index (χ4n) is 3.26. The Labute approximate surface area is 150 Å². The molecule has 4 nitrogen and oxygen atoms in total. The van der Waals surface area contributed by atoms with E-state index in [1.807, 2.05) is 18.2 Å². The molecule has 25 heavy (non-hydrogen) atoms.